The van der Waals surface area contributed by atoms with E-state index in [2.05, 4.69) is 30.6 Å². The highest BCUT2D eigenvalue weighted by Gasteiger charge is 2.37. The highest BCUT2D eigenvalue weighted by molar-refractivity contribution is 9.10. The summed E-state index contributed by atoms with van der Waals surface area (Å²) in [6.45, 7) is 0.210. The average molecular weight is 335 g/mol. The molecule has 1 unspecified atom stereocenters. The van der Waals surface area contributed by atoms with Crippen molar-refractivity contribution in [3.05, 3.63) is 16.0 Å². The van der Waals surface area contributed by atoms with Crippen LogP contribution in [-0.4, -0.2) is 35.5 Å². The zero-order valence-corrected chi connectivity index (χ0v) is 11.7. The van der Waals surface area contributed by atoms with Crippen molar-refractivity contribution in [2.45, 2.75) is 6.42 Å². The molecule has 0 saturated carbocycles. The van der Waals surface area contributed by atoms with E-state index in [0.29, 0.717) is 4.60 Å². The number of nitrogens with zero attached hydrogens (tertiary/aromatic N) is 3. The van der Waals surface area contributed by atoms with Crippen LogP contribution in [-0.2, 0) is 14.3 Å². The molecule has 2 heterocycles. The molecule has 0 aliphatic carbocycles. The van der Waals surface area contributed by atoms with Crippen LogP contribution in [0.5, 0.6) is 0 Å². The van der Waals surface area contributed by atoms with Crippen LogP contribution < -0.4 is 4.90 Å². The normalized spacial score (nSPS) is 19.2. The second kappa shape index (κ2) is 5.19. The number of esters is 1. The molecule has 1 saturated heterocycles. The predicted octanol–water partition coefficient (Wildman–Crippen LogP) is 1.42. The molecule has 96 valence electrons. The smallest absolute Gasteiger partial charge is 0.311 e. The van der Waals surface area contributed by atoms with Gasteiger partial charge in [0, 0.05) is 13.0 Å². The topological polar surface area (TPSA) is 72.4 Å². The summed E-state index contributed by atoms with van der Waals surface area (Å²) >= 11 is 9.05. The van der Waals surface area contributed by atoms with Gasteiger partial charge in [0.05, 0.1) is 19.2 Å². The van der Waals surface area contributed by atoms with Gasteiger partial charge >= 0.3 is 5.97 Å². The van der Waals surface area contributed by atoms with E-state index in [1.54, 1.807) is 0 Å². The Labute approximate surface area is 116 Å². The van der Waals surface area contributed by atoms with Crippen LogP contribution >= 0.6 is 27.5 Å². The van der Waals surface area contributed by atoms with Crippen LogP contribution in [0.25, 0.3) is 0 Å². The SMILES string of the molecule is COC(=O)C1CC(=O)N(c2ncc(Br)nc2Cl)C1. The molecule has 0 aromatic carbocycles. The average Bonchev–Trinajstić information content (AvgIpc) is 2.70. The van der Waals surface area contributed by atoms with Gasteiger partial charge in [0.1, 0.15) is 4.60 Å². The third-order valence-electron chi connectivity index (χ3n) is 2.60. The van der Waals surface area contributed by atoms with E-state index in [0.717, 1.165) is 0 Å². The Bertz CT molecular complexity index is 511. The van der Waals surface area contributed by atoms with Crippen molar-refractivity contribution < 1.29 is 14.3 Å². The molecular formula is C10H9BrClN3O3. The molecule has 1 aliphatic heterocycles. The molecule has 18 heavy (non-hydrogen) atoms. The number of aromatic nitrogens is 2. The fourth-order valence-electron chi connectivity index (χ4n) is 1.76. The summed E-state index contributed by atoms with van der Waals surface area (Å²) in [6.07, 6.45) is 1.54. The number of amides is 1. The number of carbonyl (C=O) groups is 2. The Morgan fingerprint density at radius 2 is 2.39 bits per heavy atom. The first-order chi connectivity index (χ1) is 8.52. The molecule has 1 aromatic heterocycles. The lowest BCUT2D eigenvalue weighted by Crippen LogP contribution is -2.27. The summed E-state index contributed by atoms with van der Waals surface area (Å²) in [4.78, 5) is 32.6. The van der Waals surface area contributed by atoms with Crippen molar-refractivity contribution in [1.82, 2.24) is 9.97 Å². The second-order valence-corrected chi connectivity index (χ2v) is 4.91. The molecule has 0 spiro atoms. The first-order valence-electron chi connectivity index (χ1n) is 5.09. The first kappa shape index (κ1) is 13.2. The predicted molar refractivity (Wildman–Crippen MR) is 67.2 cm³/mol. The largest absolute Gasteiger partial charge is 0.469 e. The van der Waals surface area contributed by atoms with Gasteiger partial charge in [-0.3, -0.25) is 14.5 Å². The summed E-state index contributed by atoms with van der Waals surface area (Å²) in [7, 11) is 1.29. The van der Waals surface area contributed by atoms with Gasteiger partial charge in [0.15, 0.2) is 11.0 Å². The number of methoxy groups -OCH3 is 1. The maximum Gasteiger partial charge on any atom is 0.311 e. The highest BCUT2D eigenvalue weighted by Crippen LogP contribution is 2.29. The van der Waals surface area contributed by atoms with Gasteiger partial charge in [0.2, 0.25) is 5.91 Å². The van der Waals surface area contributed by atoms with Crippen LogP contribution in [0.4, 0.5) is 5.82 Å². The fourth-order valence-corrected chi connectivity index (χ4v) is 2.38. The zero-order valence-electron chi connectivity index (χ0n) is 9.39. The molecule has 8 heteroatoms. The lowest BCUT2D eigenvalue weighted by atomic mass is 10.1. The van der Waals surface area contributed by atoms with Crippen LogP contribution in [0.1, 0.15) is 6.42 Å². The van der Waals surface area contributed by atoms with Gasteiger partial charge in [-0.2, -0.15) is 0 Å². The van der Waals surface area contributed by atoms with Crippen LogP contribution in [0.3, 0.4) is 0 Å². The quantitative estimate of drug-likeness (QED) is 0.765. The number of anilines is 1. The number of rotatable bonds is 2. The second-order valence-electron chi connectivity index (χ2n) is 3.74. The van der Waals surface area contributed by atoms with Crippen molar-refractivity contribution in [2.75, 3.05) is 18.6 Å². The molecule has 0 radical (unpaired) electrons. The van der Waals surface area contributed by atoms with Crippen molar-refractivity contribution in [3.63, 3.8) is 0 Å². The molecule has 0 N–H and O–H groups in total. The van der Waals surface area contributed by atoms with Crippen LogP contribution in [0, 0.1) is 5.92 Å². The molecule has 1 aliphatic rings. The Kier molecular flexibility index (Phi) is 3.82. The molecule has 1 atom stereocenters. The van der Waals surface area contributed by atoms with E-state index in [-0.39, 0.29) is 29.8 Å². The molecule has 2 rings (SSSR count). The van der Waals surface area contributed by atoms with Crippen molar-refractivity contribution in [1.29, 1.82) is 0 Å². The Morgan fingerprint density at radius 1 is 1.67 bits per heavy atom. The van der Waals surface area contributed by atoms with Gasteiger partial charge in [-0.15, -0.1) is 0 Å². The van der Waals surface area contributed by atoms with E-state index in [1.165, 1.54) is 18.2 Å². The Balaban J connectivity index is 2.24. The molecule has 1 fully saturated rings. The number of ether oxygens (including phenoxy) is 1. The van der Waals surface area contributed by atoms with Crippen molar-refractivity contribution in [2.24, 2.45) is 5.92 Å². The summed E-state index contributed by atoms with van der Waals surface area (Å²) in [5, 5.41) is 0.114. The third-order valence-corrected chi connectivity index (χ3v) is 3.23. The van der Waals surface area contributed by atoms with Crippen LogP contribution in [0.2, 0.25) is 5.15 Å². The van der Waals surface area contributed by atoms with E-state index >= 15 is 0 Å². The van der Waals surface area contributed by atoms with Crippen LogP contribution in [0.15, 0.2) is 10.8 Å². The van der Waals surface area contributed by atoms with E-state index in [4.69, 9.17) is 11.6 Å². The lowest BCUT2D eigenvalue weighted by Gasteiger charge is -2.15. The Morgan fingerprint density at radius 3 is 3.00 bits per heavy atom. The molecular weight excluding hydrogens is 325 g/mol. The van der Waals surface area contributed by atoms with Gasteiger partial charge < -0.3 is 4.74 Å². The standard InChI is InChI=1S/C10H9BrClN3O3/c1-18-10(17)5-2-7(16)15(4-5)9-8(12)14-6(11)3-13-9/h3,5H,2,4H2,1H3. The van der Waals surface area contributed by atoms with Gasteiger partial charge in [0.25, 0.3) is 0 Å². The first-order valence-corrected chi connectivity index (χ1v) is 6.26. The number of carbonyl (C=O) groups excluding carboxylic acids is 2. The third kappa shape index (κ3) is 2.46. The van der Waals surface area contributed by atoms with Gasteiger partial charge in [-0.25, -0.2) is 9.97 Å². The lowest BCUT2D eigenvalue weighted by molar-refractivity contribution is -0.145. The van der Waals surface area contributed by atoms with Crippen molar-refractivity contribution in [3.8, 4) is 0 Å². The van der Waals surface area contributed by atoms with Gasteiger partial charge in [-0.1, -0.05) is 11.6 Å². The van der Waals surface area contributed by atoms with E-state index in [9.17, 15) is 9.59 Å². The number of hydrogen-bond acceptors (Lipinski definition) is 5. The molecule has 1 amide bonds. The molecule has 0 bridgehead atoms. The molecule has 1 aromatic rings. The minimum atomic E-state index is -0.482. The van der Waals surface area contributed by atoms with E-state index in [1.807, 2.05) is 0 Å². The minimum Gasteiger partial charge on any atom is -0.469 e. The summed E-state index contributed by atoms with van der Waals surface area (Å²) in [6, 6.07) is 0. The maximum atomic E-state index is 11.8. The molecule has 6 nitrogen and oxygen atoms in total. The summed E-state index contributed by atoms with van der Waals surface area (Å²) in [5.74, 6) is -0.851. The summed E-state index contributed by atoms with van der Waals surface area (Å²) < 4.78 is 5.10. The number of hydrogen-bond donors (Lipinski definition) is 0. The maximum absolute atomic E-state index is 11.8. The summed E-state index contributed by atoms with van der Waals surface area (Å²) in [5.41, 5.74) is 0. The number of halogens is 2. The minimum absolute atomic E-state index is 0.0980. The zero-order chi connectivity index (χ0) is 13.3. The monoisotopic (exact) mass is 333 g/mol. The fraction of sp³-hybridized carbons (Fsp3) is 0.400. The van der Waals surface area contributed by atoms with E-state index < -0.39 is 11.9 Å². The Hall–Kier alpha value is -1.21. The van der Waals surface area contributed by atoms with Gasteiger partial charge in [-0.05, 0) is 15.9 Å². The highest BCUT2D eigenvalue weighted by atomic mass is 79.9. The van der Waals surface area contributed by atoms with Crippen molar-refractivity contribution >= 4 is 45.2 Å².